The molecule has 1 saturated carbocycles. The van der Waals surface area contributed by atoms with Crippen LogP contribution < -0.4 is 10.6 Å². The molecule has 4 heteroatoms. The maximum Gasteiger partial charge on any atom is 0.207 e. The molecule has 0 saturated heterocycles. The third-order valence-corrected chi connectivity index (χ3v) is 3.21. The molecule has 0 heterocycles. The lowest BCUT2D eigenvalue weighted by molar-refractivity contribution is -0.110. The Labute approximate surface area is 91.8 Å². The van der Waals surface area contributed by atoms with E-state index in [1.54, 1.807) is 7.11 Å². The molecule has 0 radical (unpaired) electrons. The van der Waals surface area contributed by atoms with Crippen molar-refractivity contribution in [1.29, 1.82) is 0 Å². The second kappa shape index (κ2) is 6.80. The van der Waals surface area contributed by atoms with Crippen LogP contribution in [0.1, 0.15) is 26.2 Å². The zero-order valence-corrected chi connectivity index (χ0v) is 9.66. The summed E-state index contributed by atoms with van der Waals surface area (Å²) in [6, 6.07) is 0.656. The van der Waals surface area contributed by atoms with Crippen molar-refractivity contribution in [1.82, 2.24) is 10.6 Å². The quantitative estimate of drug-likeness (QED) is 0.579. The molecule has 0 spiro atoms. The zero-order chi connectivity index (χ0) is 11.1. The van der Waals surface area contributed by atoms with Crippen molar-refractivity contribution in [2.45, 2.75) is 38.3 Å². The normalized spacial score (nSPS) is 26.8. The van der Waals surface area contributed by atoms with Crippen LogP contribution in [0.15, 0.2) is 0 Å². The molecule has 0 aromatic rings. The molecule has 0 bridgehead atoms. The molecule has 1 unspecified atom stereocenters. The highest BCUT2D eigenvalue weighted by atomic mass is 16.5. The first-order valence-electron chi connectivity index (χ1n) is 5.73. The van der Waals surface area contributed by atoms with Gasteiger partial charge in [-0.3, -0.25) is 4.79 Å². The van der Waals surface area contributed by atoms with Crippen LogP contribution in [-0.4, -0.2) is 38.8 Å². The van der Waals surface area contributed by atoms with E-state index in [1.165, 1.54) is 19.3 Å². The first kappa shape index (κ1) is 12.5. The smallest absolute Gasteiger partial charge is 0.207 e. The van der Waals surface area contributed by atoms with Gasteiger partial charge in [0.15, 0.2) is 0 Å². The molecule has 88 valence electrons. The van der Waals surface area contributed by atoms with Gasteiger partial charge in [0, 0.05) is 26.2 Å². The molecule has 1 fully saturated rings. The number of rotatable bonds is 8. The van der Waals surface area contributed by atoms with Crippen LogP contribution >= 0.6 is 0 Å². The fourth-order valence-electron chi connectivity index (χ4n) is 1.95. The third-order valence-electron chi connectivity index (χ3n) is 3.21. The zero-order valence-electron chi connectivity index (χ0n) is 9.66. The van der Waals surface area contributed by atoms with Gasteiger partial charge in [0.05, 0.1) is 6.10 Å². The number of methoxy groups -OCH3 is 1. The number of amides is 1. The summed E-state index contributed by atoms with van der Waals surface area (Å²) < 4.78 is 5.24. The Hall–Kier alpha value is -0.610. The maximum atomic E-state index is 10.1. The number of hydrogen-bond donors (Lipinski definition) is 2. The van der Waals surface area contributed by atoms with Crippen LogP contribution in [0.2, 0.25) is 0 Å². The third kappa shape index (κ3) is 4.18. The molecule has 2 N–H and O–H groups in total. The molecule has 0 aliphatic heterocycles. The van der Waals surface area contributed by atoms with Crippen molar-refractivity contribution in [3.63, 3.8) is 0 Å². The van der Waals surface area contributed by atoms with E-state index in [0.717, 1.165) is 12.5 Å². The maximum absolute atomic E-state index is 10.1. The standard InChI is InChI=1S/C11H22N2O2/c1-3-9-4-10(5-9)13-7-11(15-2)6-12-8-14/h8-11,13H,3-7H2,1-2H3,(H,12,14). The van der Waals surface area contributed by atoms with E-state index in [-0.39, 0.29) is 6.10 Å². The molecule has 1 amide bonds. The highest BCUT2D eigenvalue weighted by Crippen LogP contribution is 2.29. The fourth-order valence-corrected chi connectivity index (χ4v) is 1.95. The molecule has 4 nitrogen and oxygen atoms in total. The SMILES string of the molecule is CCC1CC(NCC(CNC=O)OC)C1. The van der Waals surface area contributed by atoms with Crippen LogP contribution in [0.5, 0.6) is 0 Å². The van der Waals surface area contributed by atoms with Crippen LogP contribution in [0.4, 0.5) is 0 Å². The molecule has 1 rings (SSSR count). The van der Waals surface area contributed by atoms with Gasteiger partial charge in [-0.1, -0.05) is 13.3 Å². The van der Waals surface area contributed by atoms with Gasteiger partial charge in [-0.25, -0.2) is 0 Å². The van der Waals surface area contributed by atoms with Gasteiger partial charge in [-0.05, 0) is 18.8 Å². The molecule has 1 aliphatic rings. The Morgan fingerprint density at radius 1 is 1.47 bits per heavy atom. The average Bonchev–Trinajstić information content (AvgIpc) is 2.20. The van der Waals surface area contributed by atoms with E-state index in [9.17, 15) is 4.79 Å². The number of carbonyl (C=O) groups is 1. The van der Waals surface area contributed by atoms with Crippen molar-refractivity contribution in [3.8, 4) is 0 Å². The largest absolute Gasteiger partial charge is 0.378 e. The van der Waals surface area contributed by atoms with Gasteiger partial charge in [0.2, 0.25) is 6.41 Å². The minimum Gasteiger partial charge on any atom is -0.378 e. The summed E-state index contributed by atoms with van der Waals surface area (Å²) in [7, 11) is 1.68. The first-order valence-corrected chi connectivity index (χ1v) is 5.73. The molecule has 15 heavy (non-hydrogen) atoms. The van der Waals surface area contributed by atoms with Crippen molar-refractivity contribution in [3.05, 3.63) is 0 Å². The highest BCUT2D eigenvalue weighted by Gasteiger charge is 2.27. The Morgan fingerprint density at radius 3 is 2.73 bits per heavy atom. The Balaban J connectivity index is 2.04. The van der Waals surface area contributed by atoms with Crippen LogP contribution in [-0.2, 0) is 9.53 Å². The predicted octanol–water partition coefficient (Wildman–Crippen LogP) is 0.526. The first-order chi connectivity index (χ1) is 7.30. The molecule has 1 atom stereocenters. The fraction of sp³-hybridized carbons (Fsp3) is 0.909. The van der Waals surface area contributed by atoms with Gasteiger partial charge in [-0.15, -0.1) is 0 Å². The van der Waals surface area contributed by atoms with Crippen molar-refractivity contribution >= 4 is 6.41 Å². The second-order valence-electron chi connectivity index (χ2n) is 4.23. The van der Waals surface area contributed by atoms with Crippen molar-refractivity contribution < 1.29 is 9.53 Å². The number of ether oxygens (including phenoxy) is 1. The van der Waals surface area contributed by atoms with E-state index in [4.69, 9.17) is 4.74 Å². The summed E-state index contributed by atoms with van der Waals surface area (Å²) in [6.45, 7) is 3.64. The van der Waals surface area contributed by atoms with Crippen LogP contribution in [0, 0.1) is 5.92 Å². The van der Waals surface area contributed by atoms with Gasteiger partial charge in [0.25, 0.3) is 0 Å². The molecular formula is C11H22N2O2. The summed E-state index contributed by atoms with van der Waals surface area (Å²) in [5.41, 5.74) is 0. The number of hydrogen-bond acceptors (Lipinski definition) is 3. The Bertz CT molecular complexity index is 181. The highest BCUT2D eigenvalue weighted by molar-refractivity contribution is 5.45. The summed E-state index contributed by atoms with van der Waals surface area (Å²) in [6.07, 6.45) is 4.65. The average molecular weight is 214 g/mol. The summed E-state index contributed by atoms with van der Waals surface area (Å²) >= 11 is 0. The number of nitrogens with one attached hydrogen (secondary N) is 2. The molecule has 1 aliphatic carbocycles. The summed E-state index contributed by atoms with van der Waals surface area (Å²) in [4.78, 5) is 10.1. The van der Waals surface area contributed by atoms with Crippen LogP contribution in [0.25, 0.3) is 0 Å². The van der Waals surface area contributed by atoms with Crippen molar-refractivity contribution in [2.24, 2.45) is 5.92 Å². The lowest BCUT2D eigenvalue weighted by Gasteiger charge is -2.36. The predicted molar refractivity (Wildman–Crippen MR) is 59.7 cm³/mol. The lowest BCUT2D eigenvalue weighted by Crippen LogP contribution is -2.46. The number of carbonyl (C=O) groups excluding carboxylic acids is 1. The van der Waals surface area contributed by atoms with E-state index < -0.39 is 0 Å². The van der Waals surface area contributed by atoms with Crippen molar-refractivity contribution in [2.75, 3.05) is 20.2 Å². The summed E-state index contributed by atoms with van der Waals surface area (Å²) in [5, 5.41) is 6.10. The van der Waals surface area contributed by atoms with E-state index in [0.29, 0.717) is 19.0 Å². The van der Waals surface area contributed by atoms with Gasteiger partial charge >= 0.3 is 0 Å². The van der Waals surface area contributed by atoms with Gasteiger partial charge in [-0.2, -0.15) is 0 Å². The molecular weight excluding hydrogens is 192 g/mol. The second-order valence-corrected chi connectivity index (χ2v) is 4.23. The minimum atomic E-state index is 0.0795. The molecule has 0 aromatic carbocycles. The van der Waals surface area contributed by atoms with E-state index in [2.05, 4.69) is 17.6 Å². The van der Waals surface area contributed by atoms with Gasteiger partial charge in [0.1, 0.15) is 0 Å². The van der Waals surface area contributed by atoms with E-state index in [1.807, 2.05) is 0 Å². The minimum absolute atomic E-state index is 0.0795. The monoisotopic (exact) mass is 214 g/mol. The van der Waals surface area contributed by atoms with Crippen LogP contribution in [0.3, 0.4) is 0 Å². The lowest BCUT2D eigenvalue weighted by atomic mass is 9.78. The Kier molecular flexibility index (Phi) is 5.65. The summed E-state index contributed by atoms with van der Waals surface area (Å²) in [5.74, 6) is 0.914. The van der Waals surface area contributed by atoms with Gasteiger partial charge < -0.3 is 15.4 Å². The Morgan fingerprint density at radius 2 is 2.20 bits per heavy atom. The topological polar surface area (TPSA) is 50.4 Å². The van der Waals surface area contributed by atoms with E-state index >= 15 is 0 Å². The molecule has 0 aromatic heterocycles.